The maximum atomic E-state index is 12.5. The zero-order valence-electron chi connectivity index (χ0n) is 15.5. The Bertz CT molecular complexity index is 563. The summed E-state index contributed by atoms with van der Waals surface area (Å²) in [5.74, 6) is 1.64. The Kier molecular flexibility index (Phi) is 7.84. The van der Waals surface area contributed by atoms with Crippen molar-refractivity contribution in [1.29, 1.82) is 0 Å². The largest absolute Gasteiger partial charge is 0.415 e. The maximum Gasteiger partial charge on any atom is 0.415 e. The molecule has 1 aromatic rings. The molecule has 136 valence electrons. The van der Waals surface area contributed by atoms with E-state index in [1.165, 1.54) is 4.90 Å². The molecule has 0 aliphatic carbocycles. The van der Waals surface area contributed by atoms with Crippen LogP contribution in [0, 0.1) is 6.92 Å². The minimum absolute atomic E-state index is 0.343. The number of carbonyl (C=O) groups excluding carboxylic acids is 1. The average Bonchev–Trinajstić information content (AvgIpc) is 2.47. The van der Waals surface area contributed by atoms with Crippen LogP contribution in [0.2, 0.25) is 0 Å². The predicted octanol–water partition coefficient (Wildman–Crippen LogP) is 4.59. The lowest BCUT2D eigenvalue weighted by Crippen LogP contribution is -2.37. The van der Waals surface area contributed by atoms with E-state index in [1.807, 2.05) is 13.0 Å². The first-order chi connectivity index (χ1) is 11.1. The van der Waals surface area contributed by atoms with Crippen molar-refractivity contribution in [2.45, 2.75) is 26.7 Å². The Balaban J connectivity index is 3.22. The third kappa shape index (κ3) is 5.54. The SMILES string of the molecule is Cc1c(OC(=O)N(CCCl)CCCl)cc(C(C)C)cc1[N+](C)(C)C. The van der Waals surface area contributed by atoms with Crippen molar-refractivity contribution in [3.8, 4) is 5.75 Å². The highest BCUT2D eigenvalue weighted by Crippen LogP contribution is 2.35. The van der Waals surface area contributed by atoms with E-state index in [-0.39, 0.29) is 0 Å². The molecule has 1 aromatic carbocycles. The molecule has 6 heteroatoms. The summed E-state index contributed by atoms with van der Waals surface area (Å²) >= 11 is 11.5. The van der Waals surface area contributed by atoms with Crippen LogP contribution in [0.15, 0.2) is 12.1 Å². The average molecular weight is 376 g/mol. The molecule has 4 nitrogen and oxygen atoms in total. The van der Waals surface area contributed by atoms with Gasteiger partial charge in [0.05, 0.1) is 26.7 Å². The molecule has 0 aliphatic heterocycles. The van der Waals surface area contributed by atoms with E-state index < -0.39 is 6.09 Å². The second kappa shape index (κ2) is 8.93. The van der Waals surface area contributed by atoms with Crippen LogP contribution in [0.3, 0.4) is 0 Å². The topological polar surface area (TPSA) is 29.5 Å². The van der Waals surface area contributed by atoms with Gasteiger partial charge >= 0.3 is 6.09 Å². The monoisotopic (exact) mass is 375 g/mol. The first-order valence-corrected chi connectivity index (χ1v) is 9.24. The van der Waals surface area contributed by atoms with Crippen molar-refractivity contribution < 1.29 is 9.53 Å². The Morgan fingerprint density at radius 1 is 1.17 bits per heavy atom. The van der Waals surface area contributed by atoms with E-state index in [0.29, 0.717) is 41.0 Å². The van der Waals surface area contributed by atoms with Gasteiger partial charge in [-0.05, 0) is 24.5 Å². The van der Waals surface area contributed by atoms with Crippen LogP contribution in [0.4, 0.5) is 10.5 Å². The van der Waals surface area contributed by atoms with Crippen molar-refractivity contribution in [3.05, 3.63) is 23.3 Å². The number of halogens is 2. The third-order valence-corrected chi connectivity index (χ3v) is 4.25. The smallest absolute Gasteiger partial charge is 0.410 e. The molecular formula is C18H29Cl2N2O2+. The zero-order valence-corrected chi connectivity index (χ0v) is 17.0. The van der Waals surface area contributed by atoms with Crippen LogP contribution in [0.5, 0.6) is 5.75 Å². The molecule has 0 aromatic heterocycles. The van der Waals surface area contributed by atoms with Gasteiger partial charge in [-0.3, -0.25) is 4.48 Å². The highest BCUT2D eigenvalue weighted by molar-refractivity contribution is 6.18. The summed E-state index contributed by atoms with van der Waals surface area (Å²) < 4.78 is 6.36. The van der Waals surface area contributed by atoms with Crippen LogP contribution in [0.1, 0.15) is 30.9 Å². The molecule has 0 saturated heterocycles. The van der Waals surface area contributed by atoms with Crippen molar-refractivity contribution in [2.24, 2.45) is 0 Å². The summed E-state index contributed by atoms with van der Waals surface area (Å²) in [5, 5.41) is 0. The molecule has 0 heterocycles. The first kappa shape index (κ1) is 21.1. The lowest BCUT2D eigenvalue weighted by molar-refractivity contribution is 0.157. The molecule has 0 saturated carbocycles. The summed E-state index contributed by atoms with van der Waals surface area (Å²) in [4.78, 5) is 14.0. The number of amides is 1. The van der Waals surface area contributed by atoms with Crippen LogP contribution >= 0.6 is 23.2 Å². The minimum atomic E-state index is -0.410. The number of ether oxygens (including phenoxy) is 1. The molecule has 1 amide bonds. The van der Waals surface area contributed by atoms with Gasteiger partial charge < -0.3 is 9.64 Å². The summed E-state index contributed by atoms with van der Waals surface area (Å²) in [6, 6.07) is 4.14. The molecule has 0 atom stereocenters. The van der Waals surface area contributed by atoms with E-state index >= 15 is 0 Å². The summed E-state index contributed by atoms with van der Waals surface area (Å²) in [5.41, 5.74) is 3.25. The van der Waals surface area contributed by atoms with Crippen molar-refractivity contribution in [2.75, 3.05) is 46.0 Å². The normalized spacial score (nSPS) is 11.7. The lowest BCUT2D eigenvalue weighted by atomic mass is 9.99. The predicted molar refractivity (Wildman–Crippen MR) is 104 cm³/mol. The van der Waals surface area contributed by atoms with Crippen LogP contribution < -0.4 is 9.22 Å². The molecule has 0 N–H and O–H groups in total. The lowest BCUT2D eigenvalue weighted by Gasteiger charge is -2.28. The van der Waals surface area contributed by atoms with Gasteiger partial charge in [0, 0.05) is 30.9 Å². The van der Waals surface area contributed by atoms with E-state index in [9.17, 15) is 4.79 Å². The van der Waals surface area contributed by atoms with Crippen molar-refractivity contribution >= 4 is 35.0 Å². The van der Waals surface area contributed by atoms with Gasteiger partial charge in [0.25, 0.3) is 0 Å². The van der Waals surface area contributed by atoms with Gasteiger partial charge in [-0.15, -0.1) is 23.2 Å². The van der Waals surface area contributed by atoms with Gasteiger partial charge in [-0.2, -0.15) is 0 Å². The van der Waals surface area contributed by atoms with Crippen molar-refractivity contribution in [3.63, 3.8) is 0 Å². The van der Waals surface area contributed by atoms with E-state index in [1.54, 1.807) is 0 Å². The second-order valence-corrected chi connectivity index (χ2v) is 7.82. The van der Waals surface area contributed by atoms with Crippen LogP contribution in [-0.4, -0.2) is 57.0 Å². The fourth-order valence-corrected chi connectivity index (χ4v) is 2.89. The van der Waals surface area contributed by atoms with E-state index in [0.717, 1.165) is 16.8 Å². The summed E-state index contributed by atoms with van der Waals surface area (Å²) in [7, 11) is 6.31. The molecule has 0 spiro atoms. The van der Waals surface area contributed by atoms with Gasteiger partial charge in [0.1, 0.15) is 11.4 Å². The minimum Gasteiger partial charge on any atom is -0.410 e. The third-order valence-electron chi connectivity index (χ3n) is 3.91. The molecule has 0 aliphatic rings. The molecule has 0 bridgehead atoms. The van der Waals surface area contributed by atoms with Gasteiger partial charge in [0.2, 0.25) is 0 Å². The Hall–Kier alpha value is -0.970. The number of alkyl halides is 2. The number of hydrogen-bond donors (Lipinski definition) is 0. The number of hydrogen-bond acceptors (Lipinski definition) is 2. The van der Waals surface area contributed by atoms with Gasteiger partial charge in [0.15, 0.2) is 0 Å². The molecule has 1 rings (SSSR count). The van der Waals surface area contributed by atoms with E-state index in [4.69, 9.17) is 27.9 Å². The molecule has 0 radical (unpaired) electrons. The fourth-order valence-electron chi connectivity index (χ4n) is 2.49. The van der Waals surface area contributed by atoms with Crippen LogP contribution in [-0.2, 0) is 0 Å². The molecule has 0 fully saturated rings. The highest BCUT2D eigenvalue weighted by Gasteiger charge is 2.23. The molecule has 24 heavy (non-hydrogen) atoms. The quantitative estimate of drug-likeness (QED) is 0.514. The number of rotatable bonds is 7. The second-order valence-electron chi connectivity index (χ2n) is 7.06. The first-order valence-electron chi connectivity index (χ1n) is 8.17. The van der Waals surface area contributed by atoms with Gasteiger partial charge in [-0.25, -0.2) is 4.79 Å². The number of benzene rings is 1. The summed E-state index contributed by atoms with van der Waals surface area (Å²) in [6.07, 6.45) is -0.410. The Labute approximate surface area is 155 Å². The number of carbonyl (C=O) groups is 1. The van der Waals surface area contributed by atoms with Gasteiger partial charge in [-0.1, -0.05) is 13.8 Å². The standard InChI is InChI=1S/C18H29Cl2N2O2/c1-13(2)15-11-16(22(4,5)6)14(3)17(12-15)24-18(23)21(9-7-19)10-8-20/h11-13H,7-10H2,1-6H3/q+1. The highest BCUT2D eigenvalue weighted by atomic mass is 35.5. The number of nitrogens with zero attached hydrogens (tertiary/aromatic N) is 2. The van der Waals surface area contributed by atoms with Crippen molar-refractivity contribution in [1.82, 2.24) is 9.38 Å². The molecular weight excluding hydrogens is 347 g/mol. The molecule has 0 unspecified atom stereocenters. The Morgan fingerprint density at radius 3 is 2.12 bits per heavy atom. The van der Waals surface area contributed by atoms with E-state index in [2.05, 4.69) is 41.1 Å². The Morgan fingerprint density at radius 2 is 1.71 bits per heavy atom. The fraction of sp³-hybridized carbons (Fsp3) is 0.611. The number of quaternary nitrogens is 1. The summed E-state index contributed by atoms with van der Waals surface area (Å²) in [6.45, 7) is 7.07. The van der Waals surface area contributed by atoms with Crippen LogP contribution in [0.25, 0.3) is 0 Å². The zero-order chi connectivity index (χ0) is 18.5. The maximum absolute atomic E-state index is 12.5.